The van der Waals surface area contributed by atoms with Gasteiger partial charge in [0.15, 0.2) is 0 Å². The van der Waals surface area contributed by atoms with Gasteiger partial charge in [-0.2, -0.15) is 5.10 Å². The maximum absolute atomic E-state index is 11.5. The fourth-order valence-corrected chi connectivity index (χ4v) is 1.19. The van der Waals surface area contributed by atoms with E-state index < -0.39 is 0 Å². The Kier molecular flexibility index (Phi) is 4.62. The number of anilines is 1. The number of unbranched alkanes of at least 4 members (excludes halogenated alkanes) is 2. The molecule has 6 heteroatoms. The second-order valence-electron chi connectivity index (χ2n) is 3.24. The summed E-state index contributed by atoms with van der Waals surface area (Å²) in [6, 6.07) is 0. The Bertz CT molecular complexity index is 311. The molecule has 5 N–H and O–H groups in total. The van der Waals surface area contributed by atoms with Crippen LogP contribution >= 0.6 is 0 Å². The van der Waals surface area contributed by atoms with Crippen molar-refractivity contribution in [1.82, 2.24) is 15.5 Å². The number of nitrogens with two attached hydrogens (primary N) is 1. The number of nitrogens with one attached hydrogen (secondary N) is 2. The lowest BCUT2D eigenvalue weighted by Gasteiger charge is -2.03. The van der Waals surface area contributed by atoms with E-state index in [0.717, 1.165) is 19.3 Å². The third kappa shape index (κ3) is 3.59. The van der Waals surface area contributed by atoms with Gasteiger partial charge in [-0.3, -0.25) is 9.89 Å². The number of carbonyl (C=O) groups is 1. The van der Waals surface area contributed by atoms with Crippen LogP contribution in [0.5, 0.6) is 0 Å². The Hall–Kier alpha value is -1.56. The standard InChI is InChI=1S/C9H16N4O2/c10-8-7(6-12-13-8)9(15)11-4-2-1-3-5-14/h6,14H,1-5H2,(H,11,15)(H3,10,12,13). The number of hydrogen-bond acceptors (Lipinski definition) is 4. The summed E-state index contributed by atoms with van der Waals surface area (Å²) in [7, 11) is 0. The van der Waals surface area contributed by atoms with Gasteiger partial charge in [0, 0.05) is 13.2 Å². The van der Waals surface area contributed by atoms with Crippen molar-refractivity contribution >= 4 is 11.7 Å². The quantitative estimate of drug-likeness (QED) is 0.493. The van der Waals surface area contributed by atoms with Crippen molar-refractivity contribution in [2.75, 3.05) is 18.9 Å². The molecule has 0 fully saturated rings. The Morgan fingerprint density at radius 3 is 2.93 bits per heavy atom. The van der Waals surface area contributed by atoms with Gasteiger partial charge in [0.2, 0.25) is 0 Å². The number of aliphatic hydroxyl groups is 1. The van der Waals surface area contributed by atoms with E-state index in [1.54, 1.807) is 0 Å². The molecule has 6 nitrogen and oxygen atoms in total. The topological polar surface area (TPSA) is 104 Å². The van der Waals surface area contributed by atoms with Gasteiger partial charge in [-0.1, -0.05) is 0 Å². The highest BCUT2D eigenvalue weighted by Crippen LogP contribution is 2.05. The number of aliphatic hydroxyl groups excluding tert-OH is 1. The molecule has 0 atom stereocenters. The van der Waals surface area contributed by atoms with Gasteiger partial charge < -0.3 is 16.2 Å². The molecular formula is C9H16N4O2. The fraction of sp³-hybridized carbons (Fsp3) is 0.556. The van der Waals surface area contributed by atoms with Gasteiger partial charge in [0.1, 0.15) is 11.4 Å². The number of nitrogen functional groups attached to an aromatic ring is 1. The first-order valence-electron chi connectivity index (χ1n) is 4.93. The van der Waals surface area contributed by atoms with Crippen LogP contribution in [0.4, 0.5) is 5.82 Å². The second kappa shape index (κ2) is 6.02. The predicted octanol–water partition coefficient (Wildman–Crippen LogP) is -0.116. The first-order valence-corrected chi connectivity index (χ1v) is 4.93. The fourth-order valence-electron chi connectivity index (χ4n) is 1.19. The summed E-state index contributed by atoms with van der Waals surface area (Å²) in [5.41, 5.74) is 5.85. The average molecular weight is 212 g/mol. The molecule has 1 aromatic rings. The lowest BCUT2D eigenvalue weighted by molar-refractivity contribution is 0.0954. The lowest BCUT2D eigenvalue weighted by atomic mass is 10.2. The van der Waals surface area contributed by atoms with Gasteiger partial charge in [-0.15, -0.1) is 0 Å². The van der Waals surface area contributed by atoms with Gasteiger partial charge in [-0.05, 0) is 19.3 Å². The zero-order valence-corrected chi connectivity index (χ0v) is 8.49. The summed E-state index contributed by atoms with van der Waals surface area (Å²) >= 11 is 0. The molecule has 1 heterocycles. The van der Waals surface area contributed by atoms with Crippen molar-refractivity contribution in [3.05, 3.63) is 11.8 Å². The van der Waals surface area contributed by atoms with E-state index in [1.165, 1.54) is 6.20 Å². The largest absolute Gasteiger partial charge is 0.396 e. The summed E-state index contributed by atoms with van der Waals surface area (Å²) in [6.45, 7) is 0.784. The van der Waals surface area contributed by atoms with Crippen LogP contribution in [0.3, 0.4) is 0 Å². The molecular weight excluding hydrogens is 196 g/mol. The maximum atomic E-state index is 11.5. The van der Waals surface area contributed by atoms with E-state index in [4.69, 9.17) is 10.8 Å². The number of hydrogen-bond donors (Lipinski definition) is 4. The number of amides is 1. The molecule has 0 aliphatic carbocycles. The molecule has 0 saturated heterocycles. The molecule has 1 rings (SSSR count). The van der Waals surface area contributed by atoms with Crippen LogP contribution in [0.15, 0.2) is 6.20 Å². The monoisotopic (exact) mass is 212 g/mol. The van der Waals surface area contributed by atoms with Crippen molar-refractivity contribution < 1.29 is 9.90 Å². The molecule has 0 saturated carbocycles. The van der Waals surface area contributed by atoms with Gasteiger partial charge in [0.05, 0.1) is 6.20 Å². The van der Waals surface area contributed by atoms with Crippen LogP contribution in [0.1, 0.15) is 29.6 Å². The van der Waals surface area contributed by atoms with Crippen molar-refractivity contribution in [2.45, 2.75) is 19.3 Å². The number of nitrogens with zero attached hydrogens (tertiary/aromatic N) is 1. The molecule has 84 valence electrons. The van der Waals surface area contributed by atoms with Crippen LogP contribution in [0, 0.1) is 0 Å². The van der Waals surface area contributed by atoms with E-state index in [1.807, 2.05) is 0 Å². The second-order valence-corrected chi connectivity index (χ2v) is 3.24. The van der Waals surface area contributed by atoms with Crippen molar-refractivity contribution in [2.24, 2.45) is 0 Å². The smallest absolute Gasteiger partial charge is 0.256 e. The summed E-state index contributed by atoms with van der Waals surface area (Å²) in [6.07, 6.45) is 3.92. The summed E-state index contributed by atoms with van der Waals surface area (Å²) in [4.78, 5) is 11.5. The predicted molar refractivity (Wildman–Crippen MR) is 56.3 cm³/mol. The Morgan fingerprint density at radius 2 is 2.33 bits per heavy atom. The molecule has 0 radical (unpaired) electrons. The van der Waals surface area contributed by atoms with Crippen molar-refractivity contribution in [3.8, 4) is 0 Å². The van der Waals surface area contributed by atoms with E-state index in [9.17, 15) is 4.79 Å². The summed E-state index contributed by atoms with van der Waals surface area (Å²) < 4.78 is 0. The van der Waals surface area contributed by atoms with Crippen LogP contribution in [0.25, 0.3) is 0 Å². The molecule has 1 aromatic heterocycles. The summed E-state index contributed by atoms with van der Waals surface area (Å²) in [5, 5.41) is 17.4. The minimum absolute atomic E-state index is 0.197. The minimum Gasteiger partial charge on any atom is -0.396 e. The highest BCUT2D eigenvalue weighted by Gasteiger charge is 2.09. The Labute approximate surface area is 87.9 Å². The van der Waals surface area contributed by atoms with Gasteiger partial charge >= 0.3 is 0 Å². The molecule has 0 bridgehead atoms. The zero-order chi connectivity index (χ0) is 11.1. The number of H-pyrrole nitrogens is 1. The Morgan fingerprint density at radius 1 is 1.53 bits per heavy atom. The normalized spacial score (nSPS) is 10.2. The minimum atomic E-state index is -0.217. The van der Waals surface area contributed by atoms with Crippen molar-refractivity contribution in [3.63, 3.8) is 0 Å². The third-order valence-corrected chi connectivity index (χ3v) is 2.03. The molecule has 0 unspecified atom stereocenters. The first kappa shape index (κ1) is 11.5. The van der Waals surface area contributed by atoms with Crippen LogP contribution in [-0.4, -0.2) is 34.4 Å². The Balaban J connectivity index is 2.22. The highest BCUT2D eigenvalue weighted by atomic mass is 16.2. The maximum Gasteiger partial charge on any atom is 0.256 e. The van der Waals surface area contributed by atoms with E-state index in [-0.39, 0.29) is 18.3 Å². The number of aromatic nitrogens is 2. The molecule has 0 aliphatic heterocycles. The third-order valence-electron chi connectivity index (χ3n) is 2.03. The zero-order valence-electron chi connectivity index (χ0n) is 8.49. The molecule has 0 spiro atoms. The first-order chi connectivity index (χ1) is 7.25. The molecule has 15 heavy (non-hydrogen) atoms. The van der Waals surface area contributed by atoms with Gasteiger partial charge in [-0.25, -0.2) is 0 Å². The molecule has 0 aromatic carbocycles. The number of carbonyl (C=O) groups excluding carboxylic acids is 1. The van der Waals surface area contributed by atoms with Crippen LogP contribution in [-0.2, 0) is 0 Å². The lowest BCUT2D eigenvalue weighted by Crippen LogP contribution is -2.24. The number of aromatic amines is 1. The van der Waals surface area contributed by atoms with Crippen LogP contribution in [0.2, 0.25) is 0 Å². The van der Waals surface area contributed by atoms with Crippen molar-refractivity contribution in [1.29, 1.82) is 0 Å². The molecule has 1 amide bonds. The SMILES string of the molecule is Nc1[nH]ncc1C(=O)NCCCCCO. The van der Waals surface area contributed by atoms with E-state index in [2.05, 4.69) is 15.5 Å². The van der Waals surface area contributed by atoms with E-state index in [0.29, 0.717) is 12.1 Å². The average Bonchev–Trinajstić information content (AvgIpc) is 2.64. The van der Waals surface area contributed by atoms with E-state index >= 15 is 0 Å². The van der Waals surface area contributed by atoms with Crippen LogP contribution < -0.4 is 11.1 Å². The van der Waals surface area contributed by atoms with Gasteiger partial charge in [0.25, 0.3) is 5.91 Å². The molecule has 0 aliphatic rings. The highest BCUT2D eigenvalue weighted by molar-refractivity contribution is 5.97. The number of rotatable bonds is 6. The summed E-state index contributed by atoms with van der Waals surface area (Å²) in [5.74, 6) is 0.0631.